The highest BCUT2D eigenvalue weighted by Crippen LogP contribution is 2.28. The number of para-hydroxylation sites is 3. The van der Waals surface area contributed by atoms with E-state index in [-0.39, 0.29) is 5.91 Å². The molecule has 4 rings (SSSR count). The molecule has 0 aliphatic heterocycles. The van der Waals surface area contributed by atoms with Crippen molar-refractivity contribution >= 4 is 45.3 Å². The topological polar surface area (TPSA) is 73.3 Å². The molecule has 4 aromatic rings. The number of carbonyl (C=O) groups is 1. The number of hydrogen-bond donors (Lipinski definition) is 1. The molecule has 2 aromatic carbocycles. The van der Waals surface area contributed by atoms with Crippen LogP contribution in [0.1, 0.15) is 6.42 Å². The van der Waals surface area contributed by atoms with Gasteiger partial charge in [0.15, 0.2) is 5.16 Å². The Balaban J connectivity index is 1.99. The Morgan fingerprint density at radius 2 is 1.78 bits per heavy atom. The number of nitrogens with zero attached hydrogens (tertiary/aromatic N) is 3. The largest absolute Gasteiger partial charge is 0.370 e. The van der Waals surface area contributed by atoms with Gasteiger partial charge in [0.1, 0.15) is 5.65 Å². The fraction of sp³-hybridized carbons (Fsp3) is 0.118. The summed E-state index contributed by atoms with van der Waals surface area (Å²) in [6, 6.07) is 16.0. The van der Waals surface area contributed by atoms with Crippen molar-refractivity contribution in [1.29, 1.82) is 0 Å². The highest BCUT2D eigenvalue weighted by Gasteiger charge is 2.13. The van der Waals surface area contributed by atoms with Gasteiger partial charge in [-0.2, -0.15) is 0 Å². The van der Waals surface area contributed by atoms with E-state index in [4.69, 9.17) is 15.7 Å². The molecule has 23 heavy (non-hydrogen) atoms. The lowest BCUT2D eigenvalue weighted by atomic mass is 10.2. The molecule has 0 atom stereocenters. The van der Waals surface area contributed by atoms with Crippen LogP contribution in [0.5, 0.6) is 0 Å². The molecular formula is C17H14N4OS. The molecule has 1 amide bonds. The number of hydrogen-bond acceptors (Lipinski definition) is 4. The van der Waals surface area contributed by atoms with Crippen LogP contribution in [0.4, 0.5) is 0 Å². The predicted octanol–water partition coefficient (Wildman–Crippen LogP) is 3.00. The number of rotatable bonds is 4. The van der Waals surface area contributed by atoms with Gasteiger partial charge in [0.2, 0.25) is 5.91 Å². The highest BCUT2D eigenvalue weighted by atomic mass is 32.2. The molecule has 6 heteroatoms. The van der Waals surface area contributed by atoms with Crippen LogP contribution in [-0.2, 0) is 4.79 Å². The highest BCUT2D eigenvalue weighted by molar-refractivity contribution is 7.99. The molecule has 0 spiro atoms. The van der Waals surface area contributed by atoms with Gasteiger partial charge < -0.3 is 5.73 Å². The number of imidazole rings is 1. The molecule has 2 aromatic heterocycles. The maximum atomic E-state index is 11.0. The summed E-state index contributed by atoms with van der Waals surface area (Å²) in [5.74, 6) is 0.299. The average Bonchev–Trinajstić information content (AvgIpc) is 2.94. The lowest BCUT2D eigenvalue weighted by molar-refractivity contribution is -0.117. The molecule has 0 saturated heterocycles. The van der Waals surface area contributed by atoms with Gasteiger partial charge in [0, 0.05) is 17.6 Å². The Hall–Kier alpha value is -2.60. The van der Waals surface area contributed by atoms with Crippen LogP contribution in [0.15, 0.2) is 53.7 Å². The van der Waals surface area contributed by atoms with Gasteiger partial charge >= 0.3 is 0 Å². The molecule has 0 bridgehead atoms. The van der Waals surface area contributed by atoms with Crippen LogP contribution < -0.4 is 5.73 Å². The van der Waals surface area contributed by atoms with Crippen LogP contribution >= 0.6 is 11.8 Å². The minimum Gasteiger partial charge on any atom is -0.370 e. The van der Waals surface area contributed by atoms with E-state index in [0.717, 1.165) is 32.7 Å². The Morgan fingerprint density at radius 1 is 1.04 bits per heavy atom. The third-order valence-corrected chi connectivity index (χ3v) is 4.63. The summed E-state index contributed by atoms with van der Waals surface area (Å²) >= 11 is 1.52. The van der Waals surface area contributed by atoms with Crippen molar-refractivity contribution in [3.63, 3.8) is 0 Å². The normalized spacial score (nSPS) is 11.5. The number of thioether (sulfide) groups is 1. The number of benzene rings is 2. The van der Waals surface area contributed by atoms with E-state index in [1.807, 2.05) is 48.5 Å². The molecule has 0 aliphatic carbocycles. The molecule has 2 heterocycles. The van der Waals surface area contributed by atoms with Crippen molar-refractivity contribution in [3.05, 3.63) is 48.5 Å². The predicted molar refractivity (Wildman–Crippen MR) is 92.5 cm³/mol. The zero-order valence-electron chi connectivity index (χ0n) is 12.3. The van der Waals surface area contributed by atoms with E-state index in [1.54, 1.807) is 0 Å². The van der Waals surface area contributed by atoms with Crippen molar-refractivity contribution in [2.75, 3.05) is 5.75 Å². The number of primary amides is 1. The molecule has 0 fully saturated rings. The SMILES string of the molecule is NC(=O)CCSc1nc2ccccc2c2nc3ccccc3n12. The molecule has 0 aliphatic rings. The second kappa shape index (κ2) is 5.55. The molecule has 0 saturated carbocycles. The Morgan fingerprint density at radius 3 is 2.61 bits per heavy atom. The standard InChI is InChI=1S/C17H14N4OS/c18-15(22)9-10-23-17-20-12-6-2-1-5-11(12)16-19-13-7-3-4-8-14(13)21(16)17/h1-8H,9-10H2,(H2,18,22). The average molecular weight is 322 g/mol. The molecule has 2 N–H and O–H groups in total. The fourth-order valence-corrected chi connectivity index (χ4v) is 3.62. The zero-order valence-corrected chi connectivity index (χ0v) is 13.1. The minimum absolute atomic E-state index is 0.301. The van der Waals surface area contributed by atoms with Crippen molar-refractivity contribution in [1.82, 2.24) is 14.4 Å². The third-order valence-electron chi connectivity index (χ3n) is 3.69. The smallest absolute Gasteiger partial charge is 0.218 e. The van der Waals surface area contributed by atoms with E-state index in [9.17, 15) is 4.79 Å². The summed E-state index contributed by atoms with van der Waals surface area (Å²) in [6.45, 7) is 0. The van der Waals surface area contributed by atoms with E-state index in [1.165, 1.54) is 11.8 Å². The first-order valence-electron chi connectivity index (χ1n) is 7.31. The number of nitrogens with two attached hydrogens (primary N) is 1. The fourth-order valence-electron chi connectivity index (χ4n) is 2.65. The molecule has 0 radical (unpaired) electrons. The Labute approximate surface area is 136 Å². The van der Waals surface area contributed by atoms with E-state index < -0.39 is 0 Å². The first kappa shape index (κ1) is 14.0. The second-order valence-electron chi connectivity index (χ2n) is 5.24. The summed E-state index contributed by atoms with van der Waals surface area (Å²) in [4.78, 5) is 20.5. The quantitative estimate of drug-likeness (QED) is 0.463. The van der Waals surface area contributed by atoms with Crippen LogP contribution in [0.2, 0.25) is 0 Å². The first-order valence-corrected chi connectivity index (χ1v) is 8.29. The van der Waals surface area contributed by atoms with E-state index >= 15 is 0 Å². The van der Waals surface area contributed by atoms with E-state index in [2.05, 4.69) is 4.40 Å². The Bertz CT molecular complexity index is 1040. The van der Waals surface area contributed by atoms with Gasteiger partial charge in [-0.3, -0.25) is 9.20 Å². The number of aromatic nitrogens is 3. The molecule has 114 valence electrons. The zero-order chi connectivity index (χ0) is 15.8. The molecule has 0 unspecified atom stereocenters. The maximum absolute atomic E-state index is 11.0. The summed E-state index contributed by atoms with van der Waals surface area (Å²) in [5, 5.41) is 1.84. The molecule has 5 nitrogen and oxygen atoms in total. The minimum atomic E-state index is -0.301. The van der Waals surface area contributed by atoms with Crippen LogP contribution in [0.25, 0.3) is 27.6 Å². The van der Waals surface area contributed by atoms with Crippen LogP contribution in [-0.4, -0.2) is 26.0 Å². The van der Waals surface area contributed by atoms with Gasteiger partial charge in [-0.1, -0.05) is 36.0 Å². The lowest BCUT2D eigenvalue weighted by Crippen LogP contribution is -2.11. The van der Waals surface area contributed by atoms with Gasteiger partial charge in [-0.15, -0.1) is 0 Å². The van der Waals surface area contributed by atoms with Crippen molar-refractivity contribution in [3.8, 4) is 0 Å². The monoisotopic (exact) mass is 322 g/mol. The van der Waals surface area contributed by atoms with Crippen molar-refractivity contribution in [2.24, 2.45) is 5.73 Å². The van der Waals surface area contributed by atoms with Crippen LogP contribution in [0, 0.1) is 0 Å². The van der Waals surface area contributed by atoms with Gasteiger partial charge in [0.05, 0.1) is 16.6 Å². The number of amides is 1. The van der Waals surface area contributed by atoms with Gasteiger partial charge in [-0.05, 0) is 24.3 Å². The number of carbonyl (C=O) groups excluding carboxylic acids is 1. The summed E-state index contributed by atoms with van der Waals surface area (Å²) < 4.78 is 2.06. The Kier molecular flexibility index (Phi) is 3.38. The summed E-state index contributed by atoms with van der Waals surface area (Å²) in [6.07, 6.45) is 0.327. The second-order valence-corrected chi connectivity index (χ2v) is 6.30. The van der Waals surface area contributed by atoms with Gasteiger partial charge in [-0.25, -0.2) is 9.97 Å². The van der Waals surface area contributed by atoms with Crippen LogP contribution in [0.3, 0.4) is 0 Å². The van der Waals surface area contributed by atoms with Crippen molar-refractivity contribution in [2.45, 2.75) is 11.6 Å². The van der Waals surface area contributed by atoms with Crippen molar-refractivity contribution < 1.29 is 4.79 Å². The number of fused-ring (bicyclic) bond motifs is 5. The van der Waals surface area contributed by atoms with E-state index in [0.29, 0.717) is 12.2 Å². The molecular weight excluding hydrogens is 308 g/mol. The van der Waals surface area contributed by atoms with Gasteiger partial charge in [0.25, 0.3) is 0 Å². The summed E-state index contributed by atoms with van der Waals surface area (Å²) in [5.41, 5.74) is 8.97. The first-order chi connectivity index (χ1) is 11.2. The lowest BCUT2D eigenvalue weighted by Gasteiger charge is -2.07. The summed E-state index contributed by atoms with van der Waals surface area (Å²) in [7, 11) is 0. The maximum Gasteiger partial charge on any atom is 0.218 e. The third kappa shape index (κ3) is 2.41.